The molecule has 0 bridgehead atoms. The normalized spacial score (nSPS) is 37.2. The van der Waals surface area contributed by atoms with Crippen molar-refractivity contribution < 1.29 is 18.3 Å². The Morgan fingerprint density at radius 2 is 2.31 bits per heavy atom. The minimum Gasteiger partial charge on any atom is -0.495 e. The lowest BCUT2D eigenvalue weighted by Crippen LogP contribution is -2.32. The minimum atomic E-state index is -3.06. The quantitative estimate of drug-likeness (QED) is 0.644. The van der Waals surface area contributed by atoms with E-state index in [1.165, 1.54) is 0 Å². The van der Waals surface area contributed by atoms with E-state index >= 15 is 0 Å². The van der Waals surface area contributed by atoms with E-state index in [-0.39, 0.29) is 17.9 Å². The molecule has 0 aliphatic carbocycles. The lowest BCUT2D eigenvalue weighted by atomic mass is 10.0. The zero-order valence-corrected chi connectivity index (χ0v) is 8.01. The van der Waals surface area contributed by atoms with E-state index in [4.69, 9.17) is 4.74 Å². The fourth-order valence-corrected chi connectivity index (χ4v) is 3.58. The third-order valence-electron chi connectivity index (χ3n) is 2.45. The van der Waals surface area contributed by atoms with Crippen LogP contribution in [0.2, 0.25) is 0 Å². The monoisotopic (exact) mass is 204 g/mol. The van der Waals surface area contributed by atoms with Crippen molar-refractivity contribution in [3.05, 3.63) is 11.8 Å². The van der Waals surface area contributed by atoms with Gasteiger partial charge in [-0.1, -0.05) is 0 Å². The molecule has 0 aromatic heterocycles. The Morgan fingerprint density at radius 3 is 2.77 bits per heavy atom. The van der Waals surface area contributed by atoms with Crippen molar-refractivity contribution in [1.82, 2.24) is 0 Å². The molecule has 4 nitrogen and oxygen atoms in total. The summed E-state index contributed by atoms with van der Waals surface area (Å²) in [5.74, 6) is 0.323. The molecule has 2 rings (SSSR count). The molecule has 1 unspecified atom stereocenters. The van der Waals surface area contributed by atoms with Crippen molar-refractivity contribution in [2.24, 2.45) is 0 Å². The third-order valence-corrected chi connectivity index (χ3v) is 4.19. The van der Waals surface area contributed by atoms with Gasteiger partial charge in [-0.25, -0.2) is 8.42 Å². The van der Waals surface area contributed by atoms with Gasteiger partial charge in [0.2, 0.25) is 0 Å². The highest BCUT2D eigenvalue weighted by Gasteiger charge is 2.45. The van der Waals surface area contributed by atoms with Crippen LogP contribution in [0.5, 0.6) is 0 Å². The van der Waals surface area contributed by atoms with Crippen LogP contribution in [0.3, 0.4) is 0 Å². The van der Waals surface area contributed by atoms with Crippen LogP contribution in [0.25, 0.3) is 0 Å². The second-order valence-corrected chi connectivity index (χ2v) is 5.76. The fraction of sp³-hybridized carbons (Fsp3) is 0.750. The predicted molar refractivity (Wildman–Crippen MR) is 46.9 cm³/mol. The van der Waals surface area contributed by atoms with Gasteiger partial charge in [0, 0.05) is 6.42 Å². The van der Waals surface area contributed by atoms with Gasteiger partial charge in [-0.3, -0.25) is 0 Å². The molecule has 0 aromatic carbocycles. The first kappa shape index (κ1) is 9.02. The van der Waals surface area contributed by atoms with Gasteiger partial charge in [0.15, 0.2) is 9.84 Å². The molecule has 1 atom stereocenters. The average Bonchev–Trinajstić information content (AvgIpc) is 2.58. The number of aliphatic hydroxyl groups is 1. The van der Waals surface area contributed by atoms with E-state index in [2.05, 4.69) is 0 Å². The van der Waals surface area contributed by atoms with Crippen LogP contribution in [0.4, 0.5) is 0 Å². The molecule has 74 valence electrons. The van der Waals surface area contributed by atoms with Crippen LogP contribution in [-0.2, 0) is 14.6 Å². The van der Waals surface area contributed by atoms with Gasteiger partial charge in [0.05, 0.1) is 18.1 Å². The van der Waals surface area contributed by atoms with Gasteiger partial charge < -0.3 is 9.84 Å². The molecule has 0 amide bonds. The predicted octanol–water partition coefficient (Wildman–Crippen LogP) is -0.160. The third kappa shape index (κ3) is 1.58. The number of hydrogen-bond donors (Lipinski definition) is 1. The summed E-state index contributed by atoms with van der Waals surface area (Å²) in [5, 5.41) is 9.95. The Labute approximate surface area is 77.1 Å². The van der Waals surface area contributed by atoms with Crippen molar-refractivity contribution in [3.8, 4) is 0 Å². The molecule has 1 N–H and O–H groups in total. The molecule has 0 spiro atoms. The lowest BCUT2D eigenvalue weighted by molar-refractivity contribution is 0.0408. The largest absolute Gasteiger partial charge is 0.495 e. The molecule has 1 fully saturated rings. The number of hydrogen-bond acceptors (Lipinski definition) is 4. The number of rotatable bonds is 1. The molecule has 0 radical (unpaired) electrons. The average molecular weight is 204 g/mol. The standard InChI is InChI=1S/C8H12O4S/c9-8(7-2-1-4-12-7)3-5-13(10,11)6-8/h2,9H,1,3-6H2. The maximum absolute atomic E-state index is 11.2. The first-order valence-corrected chi connectivity index (χ1v) is 6.10. The molecule has 2 heterocycles. The first-order chi connectivity index (χ1) is 6.02. The Balaban J connectivity index is 2.23. The molecule has 1 saturated heterocycles. The van der Waals surface area contributed by atoms with Crippen molar-refractivity contribution in [2.45, 2.75) is 18.4 Å². The molecular weight excluding hydrogens is 192 g/mol. The summed E-state index contributed by atoms with van der Waals surface area (Å²) >= 11 is 0. The molecule has 13 heavy (non-hydrogen) atoms. The van der Waals surface area contributed by atoms with Crippen LogP contribution in [-0.4, -0.2) is 37.2 Å². The Hall–Kier alpha value is -0.550. The van der Waals surface area contributed by atoms with E-state index in [0.717, 1.165) is 6.42 Å². The lowest BCUT2D eigenvalue weighted by Gasteiger charge is -2.21. The summed E-state index contributed by atoms with van der Waals surface area (Å²) in [5.41, 5.74) is -1.24. The van der Waals surface area contributed by atoms with Crippen molar-refractivity contribution in [1.29, 1.82) is 0 Å². The van der Waals surface area contributed by atoms with Crippen molar-refractivity contribution in [2.75, 3.05) is 18.1 Å². The SMILES string of the molecule is O=S1(=O)CCC(O)(C2=CCCO2)C1. The molecular formula is C8H12O4S. The summed E-state index contributed by atoms with van der Waals surface area (Å²) in [6.45, 7) is 0.553. The van der Waals surface area contributed by atoms with Gasteiger partial charge in [-0.15, -0.1) is 0 Å². The first-order valence-electron chi connectivity index (χ1n) is 4.28. The topological polar surface area (TPSA) is 63.6 Å². The number of sulfone groups is 1. The second-order valence-electron chi connectivity index (χ2n) is 3.58. The van der Waals surface area contributed by atoms with Crippen molar-refractivity contribution in [3.63, 3.8) is 0 Å². The van der Waals surface area contributed by atoms with Crippen LogP contribution < -0.4 is 0 Å². The molecule has 5 heteroatoms. The van der Waals surface area contributed by atoms with Crippen LogP contribution in [0, 0.1) is 0 Å². The highest BCUT2D eigenvalue weighted by atomic mass is 32.2. The molecule has 0 saturated carbocycles. The van der Waals surface area contributed by atoms with E-state index < -0.39 is 15.4 Å². The maximum atomic E-state index is 11.2. The van der Waals surface area contributed by atoms with Gasteiger partial charge in [0.25, 0.3) is 0 Å². The van der Waals surface area contributed by atoms with Gasteiger partial charge in [-0.2, -0.15) is 0 Å². The van der Waals surface area contributed by atoms with Crippen LogP contribution in [0.15, 0.2) is 11.8 Å². The van der Waals surface area contributed by atoms with Gasteiger partial charge in [-0.05, 0) is 12.5 Å². The number of ether oxygens (including phenoxy) is 1. The minimum absolute atomic E-state index is 0.0597. The zero-order chi connectivity index (χ0) is 9.53. The van der Waals surface area contributed by atoms with E-state index in [0.29, 0.717) is 12.4 Å². The summed E-state index contributed by atoms with van der Waals surface area (Å²) < 4.78 is 27.5. The summed E-state index contributed by atoms with van der Waals surface area (Å²) in [6.07, 6.45) is 2.81. The molecule has 0 aromatic rings. The maximum Gasteiger partial charge on any atom is 0.153 e. The highest BCUT2D eigenvalue weighted by Crippen LogP contribution is 2.33. The van der Waals surface area contributed by atoms with Crippen LogP contribution in [0.1, 0.15) is 12.8 Å². The zero-order valence-electron chi connectivity index (χ0n) is 7.19. The summed E-state index contributed by atoms with van der Waals surface area (Å²) in [7, 11) is -3.06. The van der Waals surface area contributed by atoms with Crippen molar-refractivity contribution >= 4 is 9.84 Å². The van der Waals surface area contributed by atoms with Gasteiger partial charge in [0.1, 0.15) is 11.4 Å². The van der Waals surface area contributed by atoms with E-state index in [9.17, 15) is 13.5 Å². The second kappa shape index (κ2) is 2.72. The smallest absolute Gasteiger partial charge is 0.153 e. The Bertz CT molecular complexity index is 343. The fourth-order valence-electron chi connectivity index (χ4n) is 1.77. The van der Waals surface area contributed by atoms with E-state index in [1.54, 1.807) is 6.08 Å². The molecule has 2 aliphatic heterocycles. The highest BCUT2D eigenvalue weighted by molar-refractivity contribution is 7.91. The summed E-state index contributed by atoms with van der Waals surface area (Å²) in [6, 6.07) is 0. The Kier molecular flexibility index (Phi) is 1.89. The van der Waals surface area contributed by atoms with E-state index in [1.807, 2.05) is 0 Å². The molecule has 2 aliphatic rings. The Morgan fingerprint density at radius 1 is 1.54 bits per heavy atom. The summed E-state index contributed by atoms with van der Waals surface area (Å²) in [4.78, 5) is 0. The van der Waals surface area contributed by atoms with Crippen LogP contribution >= 0.6 is 0 Å². The van der Waals surface area contributed by atoms with Gasteiger partial charge >= 0.3 is 0 Å².